The van der Waals surface area contributed by atoms with Crippen molar-refractivity contribution in [2.45, 2.75) is 33.2 Å². The van der Waals surface area contributed by atoms with E-state index >= 15 is 0 Å². The number of nitrogens with one attached hydrogen (secondary N) is 2. The van der Waals surface area contributed by atoms with Crippen LogP contribution in [0.15, 0.2) is 18.2 Å². The topological polar surface area (TPSA) is 127 Å². The first-order chi connectivity index (χ1) is 10.3. The first kappa shape index (κ1) is 17.4. The van der Waals surface area contributed by atoms with Gasteiger partial charge in [-0.3, -0.25) is 14.9 Å². The highest BCUT2D eigenvalue weighted by Crippen LogP contribution is 2.25. The van der Waals surface area contributed by atoms with Gasteiger partial charge >= 0.3 is 6.03 Å². The van der Waals surface area contributed by atoms with E-state index in [4.69, 9.17) is 5.73 Å². The smallest absolute Gasteiger partial charge is 0.312 e. The molecule has 2 atom stereocenters. The summed E-state index contributed by atoms with van der Waals surface area (Å²) in [4.78, 5) is 33.8. The van der Waals surface area contributed by atoms with E-state index in [0.29, 0.717) is 17.7 Å². The molecule has 0 radical (unpaired) electrons. The minimum atomic E-state index is -0.804. The van der Waals surface area contributed by atoms with E-state index in [-0.39, 0.29) is 11.6 Å². The molecule has 0 aromatic heterocycles. The summed E-state index contributed by atoms with van der Waals surface area (Å²) < 4.78 is 0. The van der Waals surface area contributed by atoms with E-state index in [0.717, 1.165) is 0 Å². The predicted molar refractivity (Wildman–Crippen MR) is 82.4 cm³/mol. The van der Waals surface area contributed by atoms with Gasteiger partial charge in [0.2, 0.25) is 5.91 Å². The van der Waals surface area contributed by atoms with Crippen molar-refractivity contribution in [3.05, 3.63) is 33.9 Å². The number of urea groups is 1. The summed E-state index contributed by atoms with van der Waals surface area (Å²) in [6.45, 7) is 5.24. The highest BCUT2D eigenvalue weighted by molar-refractivity contribution is 5.98. The third-order valence-electron chi connectivity index (χ3n) is 3.55. The van der Waals surface area contributed by atoms with Crippen LogP contribution in [0.2, 0.25) is 0 Å². The third kappa shape index (κ3) is 4.18. The Morgan fingerprint density at radius 1 is 1.41 bits per heavy atom. The van der Waals surface area contributed by atoms with Gasteiger partial charge in [-0.25, -0.2) is 4.79 Å². The van der Waals surface area contributed by atoms with Crippen LogP contribution in [0.3, 0.4) is 0 Å². The molecule has 0 aliphatic carbocycles. The fourth-order valence-electron chi connectivity index (χ4n) is 2.02. The molecule has 0 fully saturated rings. The normalized spacial score (nSPS) is 13.0. The number of hydrogen-bond acceptors (Lipinski definition) is 4. The van der Waals surface area contributed by atoms with Crippen LogP contribution in [0.4, 0.5) is 16.2 Å². The van der Waals surface area contributed by atoms with Gasteiger partial charge in [-0.2, -0.15) is 0 Å². The van der Waals surface area contributed by atoms with Crippen molar-refractivity contribution in [2.75, 3.05) is 5.32 Å². The van der Waals surface area contributed by atoms with E-state index < -0.39 is 22.9 Å². The molecule has 0 saturated carbocycles. The molecule has 8 nitrogen and oxygen atoms in total. The monoisotopic (exact) mass is 308 g/mol. The molecule has 3 amide bonds. The fraction of sp³-hybridized carbons (Fsp3) is 0.429. The highest BCUT2D eigenvalue weighted by Gasteiger charge is 2.26. The van der Waals surface area contributed by atoms with Crippen molar-refractivity contribution in [3.63, 3.8) is 0 Å². The Balaban J connectivity index is 3.01. The predicted octanol–water partition coefficient (Wildman–Crippen LogP) is 1.92. The number of amides is 3. The lowest BCUT2D eigenvalue weighted by Gasteiger charge is -2.23. The fourth-order valence-corrected chi connectivity index (χ4v) is 2.02. The number of anilines is 1. The second kappa shape index (κ2) is 7.39. The van der Waals surface area contributed by atoms with Gasteiger partial charge < -0.3 is 16.4 Å². The maximum Gasteiger partial charge on any atom is 0.312 e. The number of carbonyl (C=O) groups excluding carboxylic acids is 2. The van der Waals surface area contributed by atoms with Gasteiger partial charge in [-0.15, -0.1) is 0 Å². The standard InChI is InChI=1S/C14H20N4O4/c1-4-8(2)12(17-14(15)20)13(19)16-10-6-5-7-11(9(10)3)18(21)22/h5-8,12H,4H2,1-3H3,(H,16,19)(H3,15,17,20)/t8-,12+/m0/s1. The summed E-state index contributed by atoms with van der Waals surface area (Å²) in [6, 6.07) is 2.81. The molecule has 0 bridgehead atoms. The number of carbonyl (C=O) groups is 2. The lowest BCUT2D eigenvalue weighted by atomic mass is 9.98. The van der Waals surface area contributed by atoms with Crippen LogP contribution in [-0.4, -0.2) is 22.9 Å². The molecule has 0 spiro atoms. The molecule has 1 aromatic carbocycles. The van der Waals surface area contributed by atoms with Crippen LogP contribution in [0, 0.1) is 23.0 Å². The molecule has 8 heteroatoms. The van der Waals surface area contributed by atoms with Gasteiger partial charge in [0.1, 0.15) is 6.04 Å². The zero-order chi connectivity index (χ0) is 16.9. The number of nitro groups is 1. The van der Waals surface area contributed by atoms with E-state index in [1.165, 1.54) is 12.1 Å². The minimum Gasteiger partial charge on any atom is -0.352 e. The average molecular weight is 308 g/mol. The SMILES string of the molecule is CC[C@H](C)[C@@H](NC(N)=O)C(=O)Nc1cccc([N+](=O)[O-])c1C. The number of rotatable bonds is 6. The molecule has 0 saturated heterocycles. The Kier molecular flexibility index (Phi) is 5.85. The van der Waals surface area contributed by atoms with Crippen molar-refractivity contribution < 1.29 is 14.5 Å². The van der Waals surface area contributed by atoms with Crippen LogP contribution < -0.4 is 16.4 Å². The van der Waals surface area contributed by atoms with Crippen molar-refractivity contribution in [2.24, 2.45) is 11.7 Å². The molecular weight excluding hydrogens is 288 g/mol. The van der Waals surface area contributed by atoms with Gasteiger partial charge in [0.15, 0.2) is 0 Å². The van der Waals surface area contributed by atoms with Crippen LogP contribution in [-0.2, 0) is 4.79 Å². The van der Waals surface area contributed by atoms with Crippen LogP contribution >= 0.6 is 0 Å². The summed E-state index contributed by atoms with van der Waals surface area (Å²) in [5, 5.41) is 15.9. The summed E-state index contributed by atoms with van der Waals surface area (Å²) in [7, 11) is 0. The maximum atomic E-state index is 12.3. The molecule has 120 valence electrons. The second-order valence-electron chi connectivity index (χ2n) is 5.07. The Bertz CT molecular complexity index is 588. The van der Waals surface area contributed by atoms with Crippen molar-refractivity contribution in [3.8, 4) is 0 Å². The quantitative estimate of drug-likeness (QED) is 0.548. The first-order valence-electron chi connectivity index (χ1n) is 6.88. The summed E-state index contributed by atoms with van der Waals surface area (Å²) in [6.07, 6.45) is 0.659. The lowest BCUT2D eigenvalue weighted by molar-refractivity contribution is -0.385. The molecule has 0 heterocycles. The van der Waals surface area contributed by atoms with Crippen LogP contribution in [0.25, 0.3) is 0 Å². The Morgan fingerprint density at radius 2 is 2.05 bits per heavy atom. The largest absolute Gasteiger partial charge is 0.352 e. The molecule has 4 N–H and O–H groups in total. The second-order valence-corrected chi connectivity index (χ2v) is 5.07. The number of primary amides is 1. The third-order valence-corrected chi connectivity index (χ3v) is 3.55. The number of benzene rings is 1. The van der Waals surface area contributed by atoms with E-state index in [2.05, 4.69) is 10.6 Å². The summed E-state index contributed by atoms with van der Waals surface area (Å²) >= 11 is 0. The lowest BCUT2D eigenvalue weighted by Crippen LogP contribution is -2.49. The maximum absolute atomic E-state index is 12.3. The zero-order valence-electron chi connectivity index (χ0n) is 12.8. The van der Waals surface area contributed by atoms with Crippen molar-refractivity contribution in [1.82, 2.24) is 5.32 Å². The first-order valence-corrected chi connectivity index (χ1v) is 6.88. The molecule has 22 heavy (non-hydrogen) atoms. The molecule has 1 rings (SSSR count). The van der Waals surface area contributed by atoms with E-state index in [1.807, 2.05) is 6.92 Å². The van der Waals surface area contributed by atoms with Crippen molar-refractivity contribution >= 4 is 23.3 Å². The summed E-state index contributed by atoms with van der Waals surface area (Å²) in [5.74, 6) is -0.594. The molecule has 0 aliphatic rings. The molecule has 1 aromatic rings. The van der Waals surface area contributed by atoms with Gasteiger partial charge in [0.05, 0.1) is 16.2 Å². The average Bonchev–Trinajstić information content (AvgIpc) is 2.45. The van der Waals surface area contributed by atoms with E-state index in [1.54, 1.807) is 19.9 Å². The van der Waals surface area contributed by atoms with Gasteiger partial charge in [0, 0.05) is 6.07 Å². The molecule has 0 unspecified atom stereocenters. The summed E-state index contributed by atoms with van der Waals surface area (Å²) in [5.41, 5.74) is 5.69. The molecule has 0 aliphatic heterocycles. The number of hydrogen-bond donors (Lipinski definition) is 3. The Morgan fingerprint density at radius 3 is 2.55 bits per heavy atom. The zero-order valence-corrected chi connectivity index (χ0v) is 12.8. The Hall–Kier alpha value is -2.64. The van der Waals surface area contributed by atoms with Crippen LogP contribution in [0.1, 0.15) is 25.8 Å². The highest BCUT2D eigenvalue weighted by atomic mass is 16.6. The minimum absolute atomic E-state index is 0.0826. The molecular formula is C14H20N4O4. The number of nitrogens with zero attached hydrogens (tertiary/aromatic N) is 1. The van der Waals surface area contributed by atoms with E-state index in [9.17, 15) is 19.7 Å². The van der Waals surface area contributed by atoms with Gasteiger partial charge in [-0.05, 0) is 18.9 Å². The Labute approximate surface area is 128 Å². The number of nitro benzene ring substituents is 1. The van der Waals surface area contributed by atoms with Gasteiger partial charge in [-0.1, -0.05) is 26.3 Å². The van der Waals surface area contributed by atoms with Gasteiger partial charge in [0.25, 0.3) is 5.69 Å². The number of nitrogens with two attached hydrogens (primary N) is 1. The van der Waals surface area contributed by atoms with Crippen molar-refractivity contribution in [1.29, 1.82) is 0 Å². The van der Waals surface area contributed by atoms with Crippen LogP contribution in [0.5, 0.6) is 0 Å².